The summed E-state index contributed by atoms with van der Waals surface area (Å²) in [6.07, 6.45) is 2.48. The van der Waals surface area contributed by atoms with E-state index >= 15 is 0 Å². The molecule has 8 nitrogen and oxygen atoms in total. The second-order valence-corrected chi connectivity index (χ2v) is 8.62. The van der Waals surface area contributed by atoms with Crippen LogP contribution in [-0.2, 0) is 30.8 Å². The molecular weight excluding hydrogens is 370 g/mol. The maximum Gasteiger partial charge on any atom is 0.227 e. The predicted molar refractivity (Wildman–Crippen MR) is 103 cm³/mol. The lowest BCUT2D eigenvalue weighted by Crippen LogP contribution is -2.40. The zero-order chi connectivity index (χ0) is 19.9. The molecule has 0 saturated carbocycles. The van der Waals surface area contributed by atoms with E-state index < -0.39 is 10.0 Å². The van der Waals surface area contributed by atoms with Crippen LogP contribution in [0.15, 0.2) is 24.3 Å². The number of piperidine rings is 1. The number of sulfonamides is 1. The van der Waals surface area contributed by atoms with Gasteiger partial charge in [-0.25, -0.2) is 12.7 Å². The number of hydrogen-bond donors (Lipinski definition) is 2. The van der Waals surface area contributed by atoms with E-state index in [4.69, 9.17) is 4.74 Å². The van der Waals surface area contributed by atoms with Crippen molar-refractivity contribution in [1.29, 1.82) is 0 Å². The van der Waals surface area contributed by atoms with Crippen LogP contribution in [-0.4, -0.2) is 64.1 Å². The quantitative estimate of drug-likeness (QED) is 0.625. The van der Waals surface area contributed by atoms with E-state index in [-0.39, 0.29) is 24.2 Å². The van der Waals surface area contributed by atoms with Gasteiger partial charge in [-0.1, -0.05) is 12.1 Å². The molecule has 0 atom stereocenters. The molecule has 1 heterocycles. The van der Waals surface area contributed by atoms with Crippen molar-refractivity contribution >= 4 is 27.5 Å². The van der Waals surface area contributed by atoms with Crippen LogP contribution >= 0.6 is 0 Å². The van der Waals surface area contributed by atoms with Gasteiger partial charge in [0.1, 0.15) is 0 Å². The largest absolute Gasteiger partial charge is 0.383 e. The molecular formula is C18H27N3O5S. The molecule has 1 aromatic carbocycles. The van der Waals surface area contributed by atoms with Crippen LogP contribution in [0.25, 0.3) is 0 Å². The first kappa shape index (κ1) is 21.3. The second kappa shape index (κ2) is 9.82. The number of nitrogens with zero attached hydrogens (tertiary/aromatic N) is 1. The van der Waals surface area contributed by atoms with Crippen molar-refractivity contribution in [3.8, 4) is 0 Å². The van der Waals surface area contributed by atoms with Gasteiger partial charge in [-0.3, -0.25) is 9.59 Å². The molecule has 0 radical (unpaired) electrons. The van der Waals surface area contributed by atoms with Crippen molar-refractivity contribution in [1.82, 2.24) is 9.62 Å². The smallest absolute Gasteiger partial charge is 0.227 e. The zero-order valence-corrected chi connectivity index (χ0v) is 16.5. The van der Waals surface area contributed by atoms with Gasteiger partial charge in [-0.05, 0) is 30.5 Å². The molecule has 1 aliphatic rings. The van der Waals surface area contributed by atoms with Gasteiger partial charge in [0.25, 0.3) is 0 Å². The Balaban J connectivity index is 1.80. The number of amides is 2. The number of nitrogens with one attached hydrogen (secondary N) is 2. The van der Waals surface area contributed by atoms with Crippen LogP contribution in [0.1, 0.15) is 18.4 Å². The Hall–Kier alpha value is -1.97. The fourth-order valence-corrected chi connectivity index (χ4v) is 3.81. The fraction of sp³-hybridized carbons (Fsp3) is 0.556. The molecule has 1 aliphatic heterocycles. The standard InChI is InChI=1S/C18H27N3O5S/c1-26-12-9-19-17(22)13-14-3-5-16(6-4-14)20-18(23)15-7-10-21(11-8-15)27(2,24)25/h3-6,15H,7-13H2,1-2H3,(H,19,22)(H,20,23). The Bertz CT molecular complexity index is 741. The first-order chi connectivity index (χ1) is 12.8. The Morgan fingerprint density at radius 2 is 1.81 bits per heavy atom. The van der Waals surface area contributed by atoms with Crippen LogP contribution in [0, 0.1) is 5.92 Å². The van der Waals surface area contributed by atoms with Crippen LogP contribution in [0.4, 0.5) is 5.69 Å². The van der Waals surface area contributed by atoms with Gasteiger partial charge in [-0.2, -0.15) is 0 Å². The van der Waals surface area contributed by atoms with Gasteiger partial charge in [0.2, 0.25) is 21.8 Å². The van der Waals surface area contributed by atoms with E-state index in [1.807, 2.05) is 0 Å². The number of hydrogen-bond acceptors (Lipinski definition) is 5. The normalized spacial score (nSPS) is 16.1. The van der Waals surface area contributed by atoms with Crippen molar-refractivity contribution < 1.29 is 22.7 Å². The summed E-state index contributed by atoms with van der Waals surface area (Å²) in [4.78, 5) is 24.1. The lowest BCUT2D eigenvalue weighted by molar-refractivity contribution is -0.121. The highest BCUT2D eigenvalue weighted by Gasteiger charge is 2.28. The van der Waals surface area contributed by atoms with E-state index in [0.717, 1.165) is 5.56 Å². The van der Waals surface area contributed by atoms with E-state index in [0.29, 0.717) is 44.8 Å². The van der Waals surface area contributed by atoms with Crippen molar-refractivity contribution in [3.05, 3.63) is 29.8 Å². The average Bonchev–Trinajstić information content (AvgIpc) is 2.63. The van der Waals surface area contributed by atoms with Crippen molar-refractivity contribution in [2.45, 2.75) is 19.3 Å². The molecule has 0 unspecified atom stereocenters. The Kier molecular flexibility index (Phi) is 7.76. The summed E-state index contributed by atoms with van der Waals surface area (Å²) in [5.74, 6) is -0.385. The maximum absolute atomic E-state index is 12.4. The molecule has 9 heteroatoms. The third-order valence-electron chi connectivity index (χ3n) is 4.51. The molecule has 2 rings (SSSR count). The number of anilines is 1. The SMILES string of the molecule is COCCNC(=O)Cc1ccc(NC(=O)C2CCN(S(C)(=O)=O)CC2)cc1. The fourth-order valence-electron chi connectivity index (χ4n) is 2.94. The van der Waals surface area contributed by atoms with Gasteiger partial charge < -0.3 is 15.4 Å². The molecule has 1 aromatic rings. The average molecular weight is 397 g/mol. The lowest BCUT2D eigenvalue weighted by Gasteiger charge is -2.29. The Morgan fingerprint density at radius 3 is 2.37 bits per heavy atom. The first-order valence-electron chi connectivity index (χ1n) is 8.90. The Morgan fingerprint density at radius 1 is 1.19 bits per heavy atom. The lowest BCUT2D eigenvalue weighted by atomic mass is 9.97. The minimum Gasteiger partial charge on any atom is -0.383 e. The summed E-state index contributed by atoms with van der Waals surface area (Å²) in [5.41, 5.74) is 1.51. The molecule has 0 aromatic heterocycles. The van der Waals surface area contributed by atoms with Crippen LogP contribution in [0.2, 0.25) is 0 Å². The summed E-state index contributed by atoms with van der Waals surface area (Å²) < 4.78 is 29.3. The van der Waals surface area contributed by atoms with Crippen LogP contribution < -0.4 is 10.6 Å². The number of carbonyl (C=O) groups is 2. The minimum atomic E-state index is -3.19. The molecule has 0 aliphatic carbocycles. The minimum absolute atomic E-state index is 0.0820. The van der Waals surface area contributed by atoms with Crippen molar-refractivity contribution in [2.75, 3.05) is 44.9 Å². The Labute approximate surface area is 160 Å². The molecule has 150 valence electrons. The van der Waals surface area contributed by atoms with Gasteiger partial charge in [0.05, 0.1) is 19.3 Å². The van der Waals surface area contributed by atoms with E-state index in [9.17, 15) is 18.0 Å². The summed E-state index contributed by atoms with van der Waals surface area (Å²) in [5, 5.41) is 5.62. The number of rotatable bonds is 8. The third kappa shape index (κ3) is 6.93. The highest BCUT2D eigenvalue weighted by Crippen LogP contribution is 2.21. The van der Waals surface area contributed by atoms with E-state index in [2.05, 4.69) is 10.6 Å². The van der Waals surface area contributed by atoms with Gasteiger partial charge in [0.15, 0.2) is 0 Å². The molecule has 1 saturated heterocycles. The third-order valence-corrected chi connectivity index (χ3v) is 5.81. The second-order valence-electron chi connectivity index (χ2n) is 6.64. The highest BCUT2D eigenvalue weighted by molar-refractivity contribution is 7.88. The molecule has 1 fully saturated rings. The van der Waals surface area contributed by atoms with Crippen molar-refractivity contribution in [2.24, 2.45) is 5.92 Å². The number of carbonyl (C=O) groups excluding carboxylic acids is 2. The molecule has 27 heavy (non-hydrogen) atoms. The molecule has 0 spiro atoms. The monoisotopic (exact) mass is 397 g/mol. The van der Waals surface area contributed by atoms with Gasteiger partial charge >= 0.3 is 0 Å². The van der Waals surface area contributed by atoms with E-state index in [1.54, 1.807) is 31.4 Å². The number of methoxy groups -OCH3 is 1. The predicted octanol–water partition coefficient (Wildman–Crippen LogP) is 0.602. The summed E-state index contributed by atoms with van der Waals surface area (Å²) in [6, 6.07) is 7.14. The van der Waals surface area contributed by atoms with Crippen molar-refractivity contribution in [3.63, 3.8) is 0 Å². The van der Waals surface area contributed by atoms with Crippen LogP contribution in [0.5, 0.6) is 0 Å². The van der Waals surface area contributed by atoms with E-state index in [1.165, 1.54) is 10.6 Å². The molecule has 2 amide bonds. The summed E-state index contributed by atoms with van der Waals surface area (Å²) in [6.45, 7) is 1.68. The number of benzene rings is 1. The zero-order valence-electron chi connectivity index (χ0n) is 15.7. The topological polar surface area (TPSA) is 105 Å². The van der Waals surface area contributed by atoms with Gasteiger partial charge in [0, 0.05) is 38.3 Å². The number of ether oxygens (including phenoxy) is 1. The first-order valence-corrected chi connectivity index (χ1v) is 10.7. The maximum atomic E-state index is 12.4. The van der Waals surface area contributed by atoms with Gasteiger partial charge in [-0.15, -0.1) is 0 Å². The highest BCUT2D eigenvalue weighted by atomic mass is 32.2. The summed E-state index contributed by atoms with van der Waals surface area (Å²) >= 11 is 0. The molecule has 2 N–H and O–H groups in total. The summed E-state index contributed by atoms with van der Waals surface area (Å²) in [7, 11) is -1.62. The van der Waals surface area contributed by atoms with Crippen LogP contribution in [0.3, 0.4) is 0 Å². The molecule has 0 bridgehead atoms.